The van der Waals surface area contributed by atoms with Crippen molar-refractivity contribution in [2.45, 2.75) is 63.8 Å². The van der Waals surface area contributed by atoms with Crippen LogP contribution >= 0.6 is 0 Å². The lowest BCUT2D eigenvalue weighted by Gasteiger charge is -2.46. The molecule has 2 spiro atoms. The Bertz CT molecular complexity index is 386. The van der Waals surface area contributed by atoms with E-state index in [2.05, 4.69) is 4.99 Å². The lowest BCUT2D eigenvalue weighted by molar-refractivity contribution is 0.0866. The Morgan fingerprint density at radius 1 is 1.17 bits per heavy atom. The number of aliphatic imine (C=N–C) groups is 1. The number of hydrogen-bond acceptors (Lipinski definition) is 2. The first kappa shape index (κ1) is 12.0. The predicted octanol–water partition coefficient (Wildman–Crippen LogP) is 2.67. The largest absolute Gasteiger partial charge is 0.385 e. The number of amides is 2. The maximum Gasteiger partial charge on any atom is 0.346 e. The molecule has 0 aromatic carbocycles. The summed E-state index contributed by atoms with van der Waals surface area (Å²) in [6.45, 7) is 2.74. The topological polar surface area (TPSA) is 58.7 Å². The fraction of sp³-hybridized carbons (Fsp3) is 0.857. The van der Waals surface area contributed by atoms with Gasteiger partial charge >= 0.3 is 6.03 Å². The van der Waals surface area contributed by atoms with Crippen molar-refractivity contribution in [2.75, 3.05) is 6.54 Å². The summed E-state index contributed by atoms with van der Waals surface area (Å²) in [5, 5.41) is 0. The summed E-state index contributed by atoms with van der Waals surface area (Å²) < 4.78 is 0. The van der Waals surface area contributed by atoms with Crippen LogP contribution in [-0.2, 0) is 0 Å². The average molecular weight is 249 g/mol. The molecule has 2 N–H and O–H groups in total. The number of likely N-dealkylation sites (N-methyl/N-ethyl adjacent to an activating group) is 1. The van der Waals surface area contributed by atoms with E-state index in [-0.39, 0.29) is 11.6 Å². The molecule has 0 aromatic rings. The molecule has 3 aliphatic rings. The van der Waals surface area contributed by atoms with Gasteiger partial charge in [0.15, 0.2) is 0 Å². The first-order chi connectivity index (χ1) is 8.62. The zero-order valence-electron chi connectivity index (χ0n) is 11.2. The molecule has 0 bridgehead atoms. The number of amidine groups is 1. The van der Waals surface area contributed by atoms with Gasteiger partial charge in [-0.2, -0.15) is 4.99 Å². The fourth-order valence-electron chi connectivity index (χ4n) is 4.37. The van der Waals surface area contributed by atoms with Gasteiger partial charge in [-0.1, -0.05) is 12.8 Å². The van der Waals surface area contributed by atoms with Crippen LogP contribution in [-0.4, -0.2) is 28.9 Å². The van der Waals surface area contributed by atoms with Gasteiger partial charge in [-0.05, 0) is 50.9 Å². The molecule has 0 unspecified atom stereocenters. The van der Waals surface area contributed by atoms with Crippen molar-refractivity contribution in [1.82, 2.24) is 4.90 Å². The van der Waals surface area contributed by atoms with Crippen LogP contribution in [0.3, 0.4) is 0 Å². The molecule has 0 atom stereocenters. The minimum atomic E-state index is -0.236. The van der Waals surface area contributed by atoms with E-state index in [1.54, 1.807) is 0 Å². The number of nitrogens with zero attached hydrogens (tertiary/aromatic N) is 2. The van der Waals surface area contributed by atoms with Crippen molar-refractivity contribution in [2.24, 2.45) is 16.1 Å². The van der Waals surface area contributed by atoms with Crippen LogP contribution in [0.15, 0.2) is 4.99 Å². The molecule has 0 aromatic heterocycles. The second-order valence-electron chi connectivity index (χ2n) is 6.26. The molecule has 2 fully saturated rings. The first-order valence-electron chi connectivity index (χ1n) is 7.28. The van der Waals surface area contributed by atoms with E-state index < -0.39 is 0 Å². The molecule has 4 nitrogen and oxygen atoms in total. The predicted molar refractivity (Wildman–Crippen MR) is 71.5 cm³/mol. The van der Waals surface area contributed by atoms with Crippen molar-refractivity contribution in [3.63, 3.8) is 0 Å². The van der Waals surface area contributed by atoms with Gasteiger partial charge < -0.3 is 10.6 Å². The molecule has 2 saturated carbocycles. The van der Waals surface area contributed by atoms with E-state index in [4.69, 9.17) is 5.73 Å². The molecular formula is C14H23N3O. The highest BCUT2D eigenvalue weighted by Gasteiger charge is 2.52. The van der Waals surface area contributed by atoms with E-state index in [1.165, 1.54) is 38.5 Å². The summed E-state index contributed by atoms with van der Waals surface area (Å²) >= 11 is 0. The Morgan fingerprint density at radius 3 is 2.33 bits per heavy atom. The van der Waals surface area contributed by atoms with E-state index in [0.29, 0.717) is 11.3 Å². The first-order valence-corrected chi connectivity index (χ1v) is 7.28. The lowest BCUT2D eigenvalue weighted by Crippen LogP contribution is -2.56. The normalized spacial score (nSPS) is 29.3. The van der Waals surface area contributed by atoms with Gasteiger partial charge in [0.05, 0.1) is 0 Å². The van der Waals surface area contributed by atoms with Crippen LogP contribution < -0.4 is 5.73 Å². The zero-order valence-corrected chi connectivity index (χ0v) is 11.2. The molecule has 1 heterocycles. The van der Waals surface area contributed by atoms with Gasteiger partial charge in [0.1, 0.15) is 11.4 Å². The van der Waals surface area contributed by atoms with Gasteiger partial charge in [-0.3, -0.25) is 0 Å². The third-order valence-electron chi connectivity index (χ3n) is 5.56. The molecule has 0 saturated heterocycles. The summed E-state index contributed by atoms with van der Waals surface area (Å²) in [6, 6.07) is -0.127. The number of carbonyl (C=O) groups is 1. The molecule has 18 heavy (non-hydrogen) atoms. The van der Waals surface area contributed by atoms with Gasteiger partial charge in [0.25, 0.3) is 0 Å². The Kier molecular flexibility index (Phi) is 2.65. The fourth-order valence-corrected chi connectivity index (χ4v) is 4.37. The number of carbonyl (C=O) groups excluding carboxylic acids is 1. The molecule has 3 rings (SSSR count). The maximum atomic E-state index is 11.9. The van der Waals surface area contributed by atoms with Crippen LogP contribution in [0.2, 0.25) is 0 Å². The summed E-state index contributed by atoms with van der Waals surface area (Å²) in [6.07, 6.45) is 9.98. The van der Waals surface area contributed by atoms with Crippen LogP contribution in [0, 0.1) is 5.41 Å². The number of rotatable bonds is 1. The molecule has 0 radical (unpaired) electrons. The standard InChI is InChI=1S/C14H23N3O/c1-2-17-12(18)16-11(15)14(17)9-7-13(8-10-14)5-3-4-6-13/h2-10H2,1H3,(H2,15,16,18). The highest BCUT2D eigenvalue weighted by molar-refractivity contribution is 6.05. The van der Waals surface area contributed by atoms with Crippen molar-refractivity contribution in [3.05, 3.63) is 0 Å². The van der Waals surface area contributed by atoms with Crippen molar-refractivity contribution in [3.8, 4) is 0 Å². The quantitative estimate of drug-likeness (QED) is 0.776. The van der Waals surface area contributed by atoms with Gasteiger partial charge in [-0.25, -0.2) is 4.79 Å². The van der Waals surface area contributed by atoms with Crippen LogP contribution in [0.1, 0.15) is 58.3 Å². The number of nitrogens with two attached hydrogens (primary N) is 1. The van der Waals surface area contributed by atoms with Crippen molar-refractivity contribution >= 4 is 11.9 Å². The van der Waals surface area contributed by atoms with Crippen LogP contribution in [0.5, 0.6) is 0 Å². The molecule has 1 aliphatic heterocycles. The summed E-state index contributed by atoms with van der Waals surface area (Å²) in [5.74, 6) is 0.571. The monoisotopic (exact) mass is 249 g/mol. The Morgan fingerprint density at radius 2 is 1.78 bits per heavy atom. The molecule has 2 amide bonds. The molecule has 2 aliphatic carbocycles. The minimum Gasteiger partial charge on any atom is -0.385 e. The average Bonchev–Trinajstić information content (AvgIpc) is 2.89. The maximum absolute atomic E-state index is 11.9. The van der Waals surface area contributed by atoms with E-state index >= 15 is 0 Å². The summed E-state index contributed by atoms with van der Waals surface area (Å²) in [5.41, 5.74) is 6.41. The highest BCUT2D eigenvalue weighted by atomic mass is 16.2. The van der Waals surface area contributed by atoms with Crippen LogP contribution in [0.25, 0.3) is 0 Å². The minimum absolute atomic E-state index is 0.127. The third-order valence-corrected chi connectivity index (χ3v) is 5.56. The van der Waals surface area contributed by atoms with Crippen molar-refractivity contribution in [1.29, 1.82) is 0 Å². The molecule has 100 valence electrons. The zero-order chi connectivity index (χ0) is 12.8. The van der Waals surface area contributed by atoms with Crippen molar-refractivity contribution < 1.29 is 4.79 Å². The molecular weight excluding hydrogens is 226 g/mol. The summed E-state index contributed by atoms with van der Waals surface area (Å²) in [4.78, 5) is 17.8. The van der Waals surface area contributed by atoms with E-state index in [1.807, 2.05) is 11.8 Å². The van der Waals surface area contributed by atoms with Crippen LogP contribution in [0.4, 0.5) is 4.79 Å². The van der Waals surface area contributed by atoms with Gasteiger partial charge in [-0.15, -0.1) is 0 Å². The third kappa shape index (κ3) is 1.50. The lowest BCUT2D eigenvalue weighted by atomic mass is 9.65. The Balaban J connectivity index is 1.81. The second kappa shape index (κ2) is 3.97. The number of urea groups is 1. The Labute approximate surface area is 109 Å². The Hall–Kier alpha value is -1.06. The van der Waals surface area contributed by atoms with E-state index in [9.17, 15) is 4.79 Å². The SMILES string of the molecule is CCN1C(=O)N=C(N)C12CCC1(CCCC1)CC2. The summed E-state index contributed by atoms with van der Waals surface area (Å²) in [7, 11) is 0. The second-order valence-corrected chi connectivity index (χ2v) is 6.26. The van der Waals surface area contributed by atoms with Gasteiger partial charge in [0.2, 0.25) is 0 Å². The van der Waals surface area contributed by atoms with Gasteiger partial charge in [0, 0.05) is 6.54 Å². The number of hydrogen-bond donors (Lipinski definition) is 1. The smallest absolute Gasteiger partial charge is 0.346 e. The van der Waals surface area contributed by atoms with E-state index in [0.717, 1.165) is 19.4 Å². The molecule has 4 heteroatoms. The highest BCUT2D eigenvalue weighted by Crippen LogP contribution is 2.53.